The SMILES string of the molecule is Cc1cc(F)ccc1-c1nc(N(C(N)=O)c2c(F)cccc2F)ccc1N. The van der Waals surface area contributed by atoms with Crippen molar-refractivity contribution in [2.45, 2.75) is 6.92 Å². The Labute approximate surface area is 153 Å². The summed E-state index contributed by atoms with van der Waals surface area (Å²) >= 11 is 0. The molecule has 0 radical (unpaired) electrons. The van der Waals surface area contributed by atoms with Crippen molar-refractivity contribution in [2.24, 2.45) is 5.73 Å². The van der Waals surface area contributed by atoms with E-state index in [0.717, 1.165) is 18.2 Å². The fraction of sp³-hybridized carbons (Fsp3) is 0.0526. The van der Waals surface area contributed by atoms with Gasteiger partial charge in [-0.05, 0) is 55.0 Å². The van der Waals surface area contributed by atoms with Gasteiger partial charge in [-0.1, -0.05) is 6.07 Å². The van der Waals surface area contributed by atoms with Crippen molar-refractivity contribution in [1.29, 1.82) is 0 Å². The number of hydrogen-bond acceptors (Lipinski definition) is 3. The highest BCUT2D eigenvalue weighted by Gasteiger charge is 2.25. The third-order valence-electron chi connectivity index (χ3n) is 3.97. The van der Waals surface area contributed by atoms with E-state index in [0.29, 0.717) is 16.0 Å². The summed E-state index contributed by atoms with van der Waals surface area (Å²) < 4.78 is 41.7. The Morgan fingerprint density at radius 1 is 1.04 bits per heavy atom. The van der Waals surface area contributed by atoms with Crippen LogP contribution in [0.2, 0.25) is 0 Å². The zero-order chi connectivity index (χ0) is 19.7. The Bertz CT molecular complexity index is 1020. The lowest BCUT2D eigenvalue weighted by molar-refractivity contribution is 0.255. The molecule has 0 spiro atoms. The van der Waals surface area contributed by atoms with Crippen LogP contribution in [-0.2, 0) is 0 Å². The largest absolute Gasteiger partial charge is 0.397 e. The molecule has 2 amide bonds. The molecule has 8 heteroatoms. The van der Waals surface area contributed by atoms with E-state index in [1.54, 1.807) is 6.92 Å². The number of carbonyl (C=O) groups is 1. The number of rotatable bonds is 3. The Morgan fingerprint density at radius 2 is 1.70 bits per heavy atom. The topological polar surface area (TPSA) is 85.2 Å². The van der Waals surface area contributed by atoms with E-state index in [1.165, 1.54) is 30.3 Å². The zero-order valence-electron chi connectivity index (χ0n) is 14.2. The predicted octanol–water partition coefficient (Wildman–Crippen LogP) is 4.27. The smallest absolute Gasteiger partial charge is 0.325 e. The molecule has 0 unspecified atom stereocenters. The Hall–Kier alpha value is -3.55. The first-order valence-electron chi connectivity index (χ1n) is 7.86. The maximum absolute atomic E-state index is 14.2. The maximum Gasteiger partial charge on any atom is 0.325 e. The molecular formula is C19H15F3N4O. The fourth-order valence-electron chi connectivity index (χ4n) is 2.73. The van der Waals surface area contributed by atoms with Gasteiger partial charge in [-0.2, -0.15) is 0 Å². The van der Waals surface area contributed by atoms with Gasteiger partial charge < -0.3 is 11.5 Å². The summed E-state index contributed by atoms with van der Waals surface area (Å²) in [6, 6.07) is 8.78. The number of nitrogens with zero attached hydrogens (tertiary/aromatic N) is 2. The van der Waals surface area contributed by atoms with Crippen molar-refractivity contribution >= 4 is 23.2 Å². The van der Waals surface area contributed by atoms with Crippen LogP contribution in [0.1, 0.15) is 5.56 Å². The lowest BCUT2D eigenvalue weighted by Crippen LogP contribution is -2.33. The minimum absolute atomic E-state index is 0.126. The van der Waals surface area contributed by atoms with E-state index >= 15 is 0 Å². The van der Waals surface area contributed by atoms with Gasteiger partial charge in [-0.25, -0.2) is 27.8 Å². The molecule has 3 aromatic rings. The molecule has 0 bridgehead atoms. The van der Waals surface area contributed by atoms with Crippen molar-refractivity contribution in [3.05, 3.63) is 71.5 Å². The van der Waals surface area contributed by atoms with Crippen LogP contribution in [-0.4, -0.2) is 11.0 Å². The summed E-state index contributed by atoms with van der Waals surface area (Å²) in [5.41, 5.74) is 12.2. The Morgan fingerprint density at radius 3 is 2.30 bits per heavy atom. The highest BCUT2D eigenvalue weighted by molar-refractivity contribution is 5.98. The van der Waals surface area contributed by atoms with Crippen LogP contribution < -0.4 is 16.4 Å². The molecule has 27 heavy (non-hydrogen) atoms. The first-order valence-corrected chi connectivity index (χ1v) is 7.86. The van der Waals surface area contributed by atoms with Crippen molar-refractivity contribution in [3.63, 3.8) is 0 Å². The fourth-order valence-corrected chi connectivity index (χ4v) is 2.73. The van der Waals surface area contributed by atoms with Crippen LogP contribution in [0, 0.1) is 24.4 Å². The van der Waals surface area contributed by atoms with E-state index < -0.39 is 29.2 Å². The molecule has 3 rings (SSSR count). The summed E-state index contributed by atoms with van der Waals surface area (Å²) in [6.07, 6.45) is 0. The van der Waals surface area contributed by atoms with Gasteiger partial charge in [0.15, 0.2) is 0 Å². The number of halogens is 3. The highest BCUT2D eigenvalue weighted by Crippen LogP contribution is 2.34. The average molecular weight is 372 g/mol. The number of benzene rings is 2. The standard InChI is InChI=1S/C19H15F3N4O/c1-10-9-11(20)5-6-12(10)17-15(23)7-8-16(25-17)26(19(24)27)18-13(21)3-2-4-14(18)22/h2-9H,23H2,1H3,(H2,24,27). The summed E-state index contributed by atoms with van der Waals surface area (Å²) in [5.74, 6) is -2.52. The summed E-state index contributed by atoms with van der Waals surface area (Å²) in [5, 5.41) is 0. The molecule has 4 N–H and O–H groups in total. The van der Waals surface area contributed by atoms with Gasteiger partial charge in [0.2, 0.25) is 0 Å². The summed E-state index contributed by atoms with van der Waals surface area (Å²) in [4.78, 5) is 16.8. The van der Waals surface area contributed by atoms with E-state index in [9.17, 15) is 18.0 Å². The molecule has 2 aromatic carbocycles. The average Bonchev–Trinajstić information content (AvgIpc) is 2.59. The van der Waals surface area contributed by atoms with Crippen LogP contribution in [0.15, 0.2) is 48.5 Å². The van der Waals surface area contributed by atoms with Crippen molar-refractivity contribution in [2.75, 3.05) is 10.6 Å². The Kier molecular flexibility index (Phi) is 4.72. The van der Waals surface area contributed by atoms with E-state index in [2.05, 4.69) is 4.98 Å². The number of aromatic nitrogens is 1. The monoisotopic (exact) mass is 372 g/mol. The van der Waals surface area contributed by atoms with Gasteiger partial charge in [0.25, 0.3) is 0 Å². The minimum Gasteiger partial charge on any atom is -0.397 e. The van der Waals surface area contributed by atoms with E-state index in [1.807, 2.05) is 0 Å². The van der Waals surface area contributed by atoms with Crippen LogP contribution in [0.5, 0.6) is 0 Å². The molecule has 0 aliphatic heterocycles. The van der Waals surface area contributed by atoms with E-state index in [4.69, 9.17) is 11.5 Å². The zero-order valence-corrected chi connectivity index (χ0v) is 14.2. The van der Waals surface area contributed by atoms with Gasteiger partial charge >= 0.3 is 6.03 Å². The second-order valence-electron chi connectivity index (χ2n) is 5.81. The lowest BCUT2D eigenvalue weighted by Gasteiger charge is -2.22. The molecule has 0 fully saturated rings. The van der Waals surface area contributed by atoms with Gasteiger partial charge in [0, 0.05) is 5.56 Å². The van der Waals surface area contributed by atoms with Crippen LogP contribution >= 0.6 is 0 Å². The first-order chi connectivity index (χ1) is 12.8. The van der Waals surface area contributed by atoms with Crippen molar-refractivity contribution in [3.8, 4) is 11.3 Å². The van der Waals surface area contributed by atoms with Gasteiger partial charge in [0.05, 0.1) is 11.4 Å². The summed E-state index contributed by atoms with van der Waals surface area (Å²) in [7, 11) is 0. The van der Waals surface area contributed by atoms with Crippen molar-refractivity contribution < 1.29 is 18.0 Å². The Balaban J connectivity index is 2.20. The molecule has 0 saturated carbocycles. The first kappa shape index (κ1) is 18.2. The van der Waals surface area contributed by atoms with Crippen LogP contribution in [0.3, 0.4) is 0 Å². The highest BCUT2D eigenvalue weighted by atomic mass is 19.1. The number of nitrogen functional groups attached to an aromatic ring is 1. The van der Waals surface area contributed by atoms with Gasteiger partial charge in [-0.15, -0.1) is 0 Å². The second kappa shape index (κ2) is 6.99. The number of primary amides is 1. The third kappa shape index (κ3) is 3.41. The number of pyridine rings is 1. The van der Waals surface area contributed by atoms with Crippen LogP contribution in [0.25, 0.3) is 11.3 Å². The van der Waals surface area contributed by atoms with E-state index in [-0.39, 0.29) is 17.2 Å². The predicted molar refractivity (Wildman–Crippen MR) is 96.9 cm³/mol. The second-order valence-corrected chi connectivity index (χ2v) is 5.81. The molecule has 5 nitrogen and oxygen atoms in total. The molecule has 0 aliphatic rings. The number of urea groups is 1. The van der Waals surface area contributed by atoms with Gasteiger partial charge in [-0.3, -0.25) is 0 Å². The summed E-state index contributed by atoms with van der Waals surface area (Å²) in [6.45, 7) is 1.66. The third-order valence-corrected chi connectivity index (χ3v) is 3.97. The molecule has 0 saturated heterocycles. The molecule has 0 atom stereocenters. The molecule has 1 aromatic heterocycles. The maximum atomic E-state index is 14.2. The number of aryl methyl sites for hydroxylation is 1. The van der Waals surface area contributed by atoms with Crippen molar-refractivity contribution in [1.82, 2.24) is 4.98 Å². The molecule has 0 aliphatic carbocycles. The van der Waals surface area contributed by atoms with Crippen LogP contribution in [0.4, 0.5) is 35.2 Å². The number of nitrogens with two attached hydrogens (primary N) is 2. The number of para-hydroxylation sites is 1. The molecule has 138 valence electrons. The molecule has 1 heterocycles. The lowest BCUT2D eigenvalue weighted by atomic mass is 10.0. The number of anilines is 3. The normalized spacial score (nSPS) is 10.7. The minimum atomic E-state index is -1.13. The number of carbonyl (C=O) groups excluding carboxylic acids is 1. The number of amides is 2. The quantitative estimate of drug-likeness (QED) is 0.720. The van der Waals surface area contributed by atoms with Gasteiger partial charge in [0.1, 0.15) is 29.0 Å². The number of hydrogen-bond donors (Lipinski definition) is 2. The molecular weight excluding hydrogens is 357 g/mol.